The second-order valence-electron chi connectivity index (χ2n) is 15.6. The quantitative estimate of drug-likeness (QED) is 0.0470. The van der Waals surface area contributed by atoms with Crippen LogP contribution in [0.4, 0.5) is 0 Å². The molecule has 256 valence electrons. The van der Waals surface area contributed by atoms with Gasteiger partial charge in [-0.15, -0.1) is 0 Å². The van der Waals surface area contributed by atoms with E-state index in [1.165, 1.54) is 0 Å². The van der Waals surface area contributed by atoms with E-state index in [0.29, 0.717) is 6.61 Å². The van der Waals surface area contributed by atoms with Gasteiger partial charge in [0.15, 0.2) is 11.2 Å². The van der Waals surface area contributed by atoms with Gasteiger partial charge in [-0.3, -0.25) is 4.79 Å². The van der Waals surface area contributed by atoms with E-state index in [9.17, 15) is 4.79 Å². The van der Waals surface area contributed by atoms with Gasteiger partial charge >= 0.3 is 5.97 Å². The third-order valence-electron chi connectivity index (χ3n) is 4.14. The van der Waals surface area contributed by atoms with Crippen molar-refractivity contribution in [2.45, 2.75) is 190 Å². The Hall–Kier alpha value is -1.29. The predicted octanol–water partition coefficient (Wildman–Crippen LogP) is 8.36. The van der Waals surface area contributed by atoms with Gasteiger partial charge in [-0.25, -0.2) is 29.3 Å². The topological polar surface area (TPSA) is 100 Å². The Morgan fingerprint density at radius 2 is 0.837 bits per heavy atom. The van der Waals surface area contributed by atoms with Crippen LogP contribution in [0, 0.1) is 11.8 Å². The van der Waals surface area contributed by atoms with E-state index in [4.69, 9.17) is 43.8 Å². The molecule has 10 nitrogen and oxygen atoms in total. The molecular formula is C33H64O10. The van der Waals surface area contributed by atoms with Crippen LogP contribution in [0.25, 0.3) is 0 Å². The summed E-state index contributed by atoms with van der Waals surface area (Å²) in [6, 6.07) is 0. The molecule has 0 radical (unpaired) electrons. The molecular weight excluding hydrogens is 556 g/mol. The lowest BCUT2D eigenvalue weighted by Crippen LogP contribution is -2.39. The first-order valence-electron chi connectivity index (χ1n) is 15.2. The van der Waals surface area contributed by atoms with Gasteiger partial charge < -0.3 is 4.74 Å². The van der Waals surface area contributed by atoms with Crippen molar-refractivity contribution in [2.24, 2.45) is 0 Å². The van der Waals surface area contributed by atoms with E-state index in [0.717, 1.165) is 12.8 Å². The number of esters is 1. The Labute approximate surface area is 262 Å². The Morgan fingerprint density at radius 3 is 1.14 bits per heavy atom. The molecule has 10 heteroatoms. The van der Waals surface area contributed by atoms with Crippen molar-refractivity contribution in [3.8, 4) is 11.8 Å². The van der Waals surface area contributed by atoms with Gasteiger partial charge in [0.25, 0.3) is 0 Å². The average Bonchev–Trinajstić information content (AvgIpc) is 2.81. The molecule has 0 aliphatic carbocycles. The Kier molecular flexibility index (Phi) is 18.4. The van der Waals surface area contributed by atoms with Crippen LogP contribution >= 0.6 is 0 Å². The van der Waals surface area contributed by atoms with E-state index >= 15 is 0 Å². The molecule has 0 atom stereocenters. The Morgan fingerprint density at radius 1 is 0.512 bits per heavy atom. The molecule has 0 aromatic heterocycles. The van der Waals surface area contributed by atoms with Crippen LogP contribution in [-0.4, -0.2) is 52.0 Å². The zero-order chi connectivity index (χ0) is 34.4. The fourth-order valence-corrected chi connectivity index (χ4v) is 2.06. The summed E-state index contributed by atoms with van der Waals surface area (Å²) < 4.78 is 5.14. The normalized spacial score (nSPS) is 13.5. The van der Waals surface area contributed by atoms with Gasteiger partial charge in [-0.1, -0.05) is 25.2 Å². The summed E-state index contributed by atoms with van der Waals surface area (Å²) in [6.07, 6.45) is 2.25. The first-order valence-corrected chi connectivity index (χ1v) is 15.2. The molecule has 0 aromatic carbocycles. The molecule has 0 aliphatic heterocycles. The summed E-state index contributed by atoms with van der Waals surface area (Å²) in [4.78, 5) is 54.6. The zero-order valence-electron chi connectivity index (χ0n) is 30.6. The molecule has 43 heavy (non-hydrogen) atoms. The summed E-state index contributed by atoms with van der Waals surface area (Å²) >= 11 is 0. The maximum Gasteiger partial charge on any atom is 0.305 e. The van der Waals surface area contributed by atoms with E-state index in [1.807, 2.05) is 118 Å². The summed E-state index contributed by atoms with van der Waals surface area (Å²) in [6.45, 7) is 34.2. The highest BCUT2D eigenvalue weighted by Crippen LogP contribution is 2.26. The van der Waals surface area contributed by atoms with Crippen molar-refractivity contribution in [1.82, 2.24) is 0 Å². The monoisotopic (exact) mass is 620 g/mol. The highest BCUT2D eigenvalue weighted by molar-refractivity contribution is 5.69. The van der Waals surface area contributed by atoms with Crippen molar-refractivity contribution in [3.63, 3.8) is 0 Å². The molecule has 0 saturated carbocycles. The molecule has 0 bridgehead atoms. The van der Waals surface area contributed by atoms with Crippen molar-refractivity contribution in [3.05, 3.63) is 0 Å². The van der Waals surface area contributed by atoms with Crippen molar-refractivity contribution in [2.75, 3.05) is 6.61 Å². The lowest BCUT2D eigenvalue weighted by Gasteiger charge is -2.32. The number of carbonyl (C=O) groups excluding carboxylic acids is 1. The van der Waals surface area contributed by atoms with Gasteiger partial charge in [0, 0.05) is 6.42 Å². The van der Waals surface area contributed by atoms with E-state index in [-0.39, 0.29) is 30.0 Å². The summed E-state index contributed by atoms with van der Waals surface area (Å²) in [5.41, 5.74) is -3.21. The number of carbonyl (C=O) groups is 1. The predicted molar refractivity (Wildman–Crippen MR) is 167 cm³/mol. The first-order chi connectivity index (χ1) is 19.0. The largest absolute Gasteiger partial charge is 0.466 e. The van der Waals surface area contributed by atoms with Gasteiger partial charge in [0.1, 0.15) is 0 Å². The second-order valence-corrected chi connectivity index (χ2v) is 15.6. The molecule has 0 spiro atoms. The first kappa shape index (κ1) is 43.8. The van der Waals surface area contributed by atoms with Crippen LogP contribution in [-0.2, 0) is 48.6 Å². The summed E-state index contributed by atoms with van der Waals surface area (Å²) in [7, 11) is 0. The van der Waals surface area contributed by atoms with Gasteiger partial charge in [0.05, 0.1) is 35.4 Å². The molecule has 0 heterocycles. The van der Waals surface area contributed by atoms with E-state index in [2.05, 4.69) is 11.8 Å². The molecule has 0 amide bonds. The minimum atomic E-state index is -1.20. The number of hydrogen-bond donors (Lipinski definition) is 0. The van der Waals surface area contributed by atoms with Crippen LogP contribution in [0.1, 0.15) is 150 Å². The van der Waals surface area contributed by atoms with Gasteiger partial charge in [0.2, 0.25) is 5.79 Å². The molecule has 0 saturated heterocycles. The average molecular weight is 621 g/mol. The van der Waals surface area contributed by atoms with Crippen LogP contribution in [0.3, 0.4) is 0 Å². The standard InChI is InChI=1S/C17H34O6.C16H30O4/c1-9-10-13-19-14(18)11-12-17(8,22-20-15(2,3)4)23-21-16(5,6)7;1-13(2,3)17-19-15(7,8)11-12-16(9,10)20-18-14(4,5)6/h9-13H2,1-8H3;1-10H3. The zero-order valence-corrected chi connectivity index (χ0v) is 30.6. The minimum absolute atomic E-state index is 0.154. The number of hydrogen-bond acceptors (Lipinski definition) is 10. The molecule has 0 fully saturated rings. The number of rotatable bonds is 14. The van der Waals surface area contributed by atoms with Gasteiger partial charge in [-0.05, 0) is 124 Å². The highest BCUT2D eigenvalue weighted by Gasteiger charge is 2.34. The van der Waals surface area contributed by atoms with Crippen LogP contribution < -0.4 is 0 Å². The second kappa shape index (κ2) is 18.0. The third-order valence-corrected chi connectivity index (χ3v) is 4.14. The Balaban J connectivity index is 0. The maximum absolute atomic E-state index is 11.8. The Bertz CT molecular complexity index is 789. The van der Waals surface area contributed by atoms with Crippen molar-refractivity contribution in [1.29, 1.82) is 0 Å². The molecule has 0 aromatic rings. The molecule has 0 unspecified atom stereocenters. The van der Waals surface area contributed by atoms with E-state index < -0.39 is 28.2 Å². The highest BCUT2D eigenvalue weighted by atomic mass is 17.3. The smallest absolute Gasteiger partial charge is 0.305 e. The van der Waals surface area contributed by atoms with Crippen LogP contribution in [0.2, 0.25) is 0 Å². The molecule has 0 rings (SSSR count). The van der Waals surface area contributed by atoms with Crippen molar-refractivity contribution < 1.29 is 48.6 Å². The van der Waals surface area contributed by atoms with Crippen LogP contribution in [0.5, 0.6) is 0 Å². The third kappa shape index (κ3) is 30.5. The fraction of sp³-hybridized carbons (Fsp3) is 0.909. The van der Waals surface area contributed by atoms with Gasteiger partial charge in [-0.2, -0.15) is 9.78 Å². The molecule has 0 N–H and O–H groups in total. The number of ether oxygens (including phenoxy) is 1. The van der Waals surface area contributed by atoms with Crippen LogP contribution in [0.15, 0.2) is 0 Å². The van der Waals surface area contributed by atoms with E-state index in [1.54, 1.807) is 6.92 Å². The SMILES string of the molecule is CC(C)(C)OOC(C)(C)C#CC(C)(C)OOC(C)(C)C.CCCCOC(=O)CCC(C)(OOC(C)(C)C)OOC(C)(C)C. The lowest BCUT2D eigenvalue weighted by atomic mass is 10.1. The summed E-state index contributed by atoms with van der Waals surface area (Å²) in [5, 5.41) is 0. The number of unbranched alkanes of at least 4 members (excludes halogenated alkanes) is 1. The summed E-state index contributed by atoms with van der Waals surface area (Å²) in [5.74, 6) is 4.52. The fourth-order valence-electron chi connectivity index (χ4n) is 2.06. The maximum atomic E-state index is 11.8. The molecule has 0 aliphatic rings. The lowest BCUT2D eigenvalue weighted by molar-refractivity contribution is -0.537. The van der Waals surface area contributed by atoms with Crippen molar-refractivity contribution >= 4 is 5.97 Å². The minimum Gasteiger partial charge on any atom is -0.466 e.